The summed E-state index contributed by atoms with van der Waals surface area (Å²) in [5, 5.41) is 9.99. The van der Waals surface area contributed by atoms with E-state index in [9.17, 15) is 5.11 Å². The van der Waals surface area contributed by atoms with E-state index in [1.54, 1.807) is 7.11 Å². The first-order valence-corrected chi connectivity index (χ1v) is 6.63. The molecule has 1 aromatic carbocycles. The largest absolute Gasteiger partial charge is 0.488 e. The van der Waals surface area contributed by atoms with E-state index in [-0.39, 0.29) is 6.10 Å². The van der Waals surface area contributed by atoms with Gasteiger partial charge in [0.15, 0.2) is 0 Å². The van der Waals surface area contributed by atoms with Crippen molar-refractivity contribution in [2.24, 2.45) is 0 Å². The Morgan fingerprint density at radius 3 is 2.67 bits per heavy atom. The zero-order valence-corrected chi connectivity index (χ0v) is 11.6. The summed E-state index contributed by atoms with van der Waals surface area (Å²) in [6, 6.07) is 7.83. The minimum atomic E-state index is -0.397. The third-order valence-electron chi connectivity index (χ3n) is 2.91. The molecule has 0 amide bonds. The SMILES string of the molecule is CCCC(O)C(CC)Oc1cccc(COC)c1. The van der Waals surface area contributed by atoms with E-state index in [4.69, 9.17) is 9.47 Å². The van der Waals surface area contributed by atoms with Crippen LogP contribution in [0.15, 0.2) is 24.3 Å². The maximum atomic E-state index is 9.99. The lowest BCUT2D eigenvalue weighted by atomic mass is 10.1. The summed E-state index contributed by atoms with van der Waals surface area (Å²) in [5.74, 6) is 0.798. The molecule has 0 saturated carbocycles. The molecule has 0 aliphatic carbocycles. The van der Waals surface area contributed by atoms with Crippen molar-refractivity contribution in [3.8, 4) is 5.75 Å². The van der Waals surface area contributed by atoms with Crippen LogP contribution in [0.3, 0.4) is 0 Å². The molecule has 1 aromatic rings. The fraction of sp³-hybridized carbons (Fsp3) is 0.600. The fourth-order valence-corrected chi connectivity index (χ4v) is 1.97. The van der Waals surface area contributed by atoms with Crippen molar-refractivity contribution in [1.29, 1.82) is 0 Å². The van der Waals surface area contributed by atoms with Crippen molar-refractivity contribution < 1.29 is 14.6 Å². The van der Waals surface area contributed by atoms with Crippen molar-refractivity contribution in [3.05, 3.63) is 29.8 Å². The number of rotatable bonds is 8. The Kier molecular flexibility index (Phi) is 6.76. The maximum absolute atomic E-state index is 9.99. The van der Waals surface area contributed by atoms with E-state index < -0.39 is 6.10 Å². The van der Waals surface area contributed by atoms with Crippen LogP contribution >= 0.6 is 0 Å². The number of methoxy groups -OCH3 is 1. The highest BCUT2D eigenvalue weighted by atomic mass is 16.5. The molecular weight excluding hydrogens is 228 g/mol. The van der Waals surface area contributed by atoms with Gasteiger partial charge in [0.1, 0.15) is 11.9 Å². The smallest absolute Gasteiger partial charge is 0.124 e. The van der Waals surface area contributed by atoms with Crippen LogP contribution in [0, 0.1) is 0 Å². The summed E-state index contributed by atoms with van der Waals surface area (Å²) in [5.41, 5.74) is 1.08. The second kappa shape index (κ2) is 8.11. The van der Waals surface area contributed by atoms with E-state index in [1.807, 2.05) is 31.2 Å². The van der Waals surface area contributed by atoms with Gasteiger partial charge in [-0.3, -0.25) is 0 Å². The van der Waals surface area contributed by atoms with Gasteiger partial charge in [-0.05, 0) is 30.5 Å². The lowest BCUT2D eigenvalue weighted by Crippen LogP contribution is -2.31. The third kappa shape index (κ3) is 4.67. The van der Waals surface area contributed by atoms with Gasteiger partial charge in [-0.15, -0.1) is 0 Å². The van der Waals surface area contributed by atoms with Gasteiger partial charge in [0.05, 0.1) is 12.7 Å². The molecule has 18 heavy (non-hydrogen) atoms. The standard InChI is InChI=1S/C15H24O3/c1-4-7-14(16)15(5-2)18-13-9-6-8-12(10-13)11-17-3/h6,8-10,14-16H,4-5,7,11H2,1-3H3. The van der Waals surface area contributed by atoms with Gasteiger partial charge in [0.25, 0.3) is 0 Å². The molecular formula is C15H24O3. The van der Waals surface area contributed by atoms with Gasteiger partial charge >= 0.3 is 0 Å². The van der Waals surface area contributed by atoms with Crippen LogP contribution in [0.1, 0.15) is 38.7 Å². The van der Waals surface area contributed by atoms with E-state index in [1.165, 1.54) is 0 Å². The average Bonchev–Trinajstić information content (AvgIpc) is 2.37. The van der Waals surface area contributed by atoms with Crippen LogP contribution in [0.25, 0.3) is 0 Å². The first-order chi connectivity index (χ1) is 8.71. The highest BCUT2D eigenvalue weighted by Gasteiger charge is 2.18. The van der Waals surface area contributed by atoms with Crippen LogP contribution < -0.4 is 4.74 Å². The molecule has 2 unspecified atom stereocenters. The zero-order chi connectivity index (χ0) is 13.4. The van der Waals surface area contributed by atoms with Crippen LogP contribution in [-0.4, -0.2) is 24.4 Å². The summed E-state index contributed by atoms with van der Waals surface area (Å²) >= 11 is 0. The number of benzene rings is 1. The zero-order valence-electron chi connectivity index (χ0n) is 11.6. The number of hydrogen-bond acceptors (Lipinski definition) is 3. The minimum Gasteiger partial charge on any atom is -0.488 e. The molecule has 0 spiro atoms. The Labute approximate surface area is 110 Å². The van der Waals surface area contributed by atoms with E-state index >= 15 is 0 Å². The molecule has 0 aliphatic rings. The Balaban J connectivity index is 2.66. The quantitative estimate of drug-likeness (QED) is 0.772. The van der Waals surface area contributed by atoms with Gasteiger partial charge in [-0.1, -0.05) is 32.4 Å². The highest BCUT2D eigenvalue weighted by Crippen LogP contribution is 2.19. The second-order valence-electron chi connectivity index (χ2n) is 4.50. The molecule has 0 aliphatic heterocycles. The Bertz CT molecular complexity index is 338. The monoisotopic (exact) mass is 252 g/mol. The molecule has 0 radical (unpaired) electrons. The number of ether oxygens (including phenoxy) is 2. The van der Waals surface area contributed by atoms with Gasteiger partial charge < -0.3 is 14.6 Å². The summed E-state index contributed by atoms with van der Waals surface area (Å²) in [6.07, 6.45) is 2.00. The molecule has 102 valence electrons. The molecule has 0 aromatic heterocycles. The first kappa shape index (κ1) is 15.0. The maximum Gasteiger partial charge on any atom is 0.124 e. The Hall–Kier alpha value is -1.06. The van der Waals surface area contributed by atoms with Crippen LogP contribution in [0.2, 0.25) is 0 Å². The molecule has 0 bridgehead atoms. The molecule has 1 rings (SSSR count). The number of hydrogen-bond donors (Lipinski definition) is 1. The first-order valence-electron chi connectivity index (χ1n) is 6.63. The average molecular weight is 252 g/mol. The minimum absolute atomic E-state index is 0.136. The molecule has 3 heteroatoms. The predicted octanol–water partition coefficient (Wildman–Crippen LogP) is 3.15. The van der Waals surface area contributed by atoms with Crippen LogP contribution in [0.5, 0.6) is 5.75 Å². The van der Waals surface area contributed by atoms with E-state index in [0.717, 1.165) is 30.6 Å². The third-order valence-corrected chi connectivity index (χ3v) is 2.91. The molecule has 1 N–H and O–H groups in total. The second-order valence-corrected chi connectivity index (χ2v) is 4.50. The molecule has 0 fully saturated rings. The summed E-state index contributed by atoms with van der Waals surface area (Å²) < 4.78 is 11.0. The number of aliphatic hydroxyl groups excluding tert-OH is 1. The lowest BCUT2D eigenvalue weighted by Gasteiger charge is -2.23. The van der Waals surface area contributed by atoms with Crippen molar-refractivity contribution >= 4 is 0 Å². The highest BCUT2D eigenvalue weighted by molar-refractivity contribution is 5.28. The van der Waals surface area contributed by atoms with Crippen molar-refractivity contribution in [2.75, 3.05) is 7.11 Å². The van der Waals surface area contributed by atoms with Gasteiger partial charge in [0, 0.05) is 7.11 Å². The van der Waals surface area contributed by atoms with Crippen molar-refractivity contribution in [3.63, 3.8) is 0 Å². The van der Waals surface area contributed by atoms with Gasteiger partial charge in [0.2, 0.25) is 0 Å². The van der Waals surface area contributed by atoms with Crippen molar-refractivity contribution in [2.45, 2.75) is 51.9 Å². The lowest BCUT2D eigenvalue weighted by molar-refractivity contribution is 0.0283. The van der Waals surface area contributed by atoms with E-state index in [0.29, 0.717) is 6.61 Å². The van der Waals surface area contributed by atoms with E-state index in [2.05, 4.69) is 6.92 Å². The fourth-order valence-electron chi connectivity index (χ4n) is 1.97. The van der Waals surface area contributed by atoms with Gasteiger partial charge in [-0.25, -0.2) is 0 Å². The Morgan fingerprint density at radius 1 is 1.28 bits per heavy atom. The Morgan fingerprint density at radius 2 is 2.06 bits per heavy atom. The topological polar surface area (TPSA) is 38.7 Å². The molecule has 0 saturated heterocycles. The summed E-state index contributed by atoms with van der Waals surface area (Å²) in [4.78, 5) is 0. The van der Waals surface area contributed by atoms with Gasteiger partial charge in [-0.2, -0.15) is 0 Å². The molecule has 2 atom stereocenters. The molecule has 3 nitrogen and oxygen atoms in total. The summed E-state index contributed by atoms with van der Waals surface area (Å²) in [6.45, 7) is 4.67. The normalized spacial score (nSPS) is 14.2. The van der Waals surface area contributed by atoms with Crippen molar-refractivity contribution in [1.82, 2.24) is 0 Å². The van der Waals surface area contributed by atoms with Crippen LogP contribution in [-0.2, 0) is 11.3 Å². The number of aliphatic hydroxyl groups is 1. The summed E-state index contributed by atoms with van der Waals surface area (Å²) in [7, 11) is 1.67. The van der Waals surface area contributed by atoms with Crippen LogP contribution in [0.4, 0.5) is 0 Å². The predicted molar refractivity (Wildman–Crippen MR) is 72.8 cm³/mol. The molecule has 0 heterocycles.